The Morgan fingerprint density at radius 2 is 1.62 bits per heavy atom. The predicted octanol–water partition coefficient (Wildman–Crippen LogP) is 3.43. The van der Waals surface area contributed by atoms with E-state index in [1.165, 1.54) is 18.8 Å². The van der Waals surface area contributed by atoms with Crippen LogP contribution in [-0.2, 0) is 11.3 Å². The number of para-hydroxylation sites is 1. The molecule has 0 saturated heterocycles. The average molecular weight is 460 g/mol. The fourth-order valence-electron chi connectivity index (χ4n) is 4.02. The second kappa shape index (κ2) is 9.27. The van der Waals surface area contributed by atoms with Crippen molar-refractivity contribution < 1.29 is 14.3 Å². The molecule has 0 aliphatic carbocycles. The number of ether oxygens (including phenoxy) is 2. The molecule has 0 saturated carbocycles. The molecule has 0 atom stereocenters. The van der Waals surface area contributed by atoms with Gasteiger partial charge in [-0.15, -0.1) is 0 Å². The third kappa shape index (κ3) is 4.30. The van der Waals surface area contributed by atoms with Gasteiger partial charge in [-0.2, -0.15) is 0 Å². The zero-order chi connectivity index (χ0) is 24.4. The molecule has 8 nitrogen and oxygen atoms in total. The number of aromatic nitrogens is 2. The van der Waals surface area contributed by atoms with Gasteiger partial charge in [0.15, 0.2) is 0 Å². The van der Waals surface area contributed by atoms with Gasteiger partial charge in [-0.3, -0.25) is 14.2 Å². The molecular formula is C26H25N3O5. The number of carbonyl (C=O) groups excluding carboxylic acids is 1. The third-order valence-electron chi connectivity index (χ3n) is 5.50. The van der Waals surface area contributed by atoms with Crippen LogP contribution in [0.25, 0.3) is 16.6 Å². The van der Waals surface area contributed by atoms with Crippen LogP contribution < -0.4 is 26.0 Å². The highest BCUT2D eigenvalue weighted by Crippen LogP contribution is 2.29. The molecule has 4 rings (SSSR count). The van der Waals surface area contributed by atoms with Crippen molar-refractivity contribution in [1.82, 2.24) is 9.13 Å². The summed E-state index contributed by atoms with van der Waals surface area (Å²) in [5, 5.41) is 3.12. The number of hydrogen-bond acceptors (Lipinski definition) is 5. The Kier molecular flexibility index (Phi) is 6.23. The molecule has 0 spiro atoms. The lowest BCUT2D eigenvalue weighted by Gasteiger charge is -2.16. The fraction of sp³-hybridized carbons (Fsp3) is 0.192. The van der Waals surface area contributed by atoms with E-state index in [4.69, 9.17) is 9.47 Å². The maximum atomic E-state index is 13.5. The monoisotopic (exact) mass is 459 g/mol. The van der Waals surface area contributed by atoms with Gasteiger partial charge in [0.25, 0.3) is 5.56 Å². The number of amides is 1. The number of rotatable bonds is 6. The topological polar surface area (TPSA) is 91.6 Å². The first-order chi connectivity index (χ1) is 16.3. The highest BCUT2D eigenvalue weighted by molar-refractivity contribution is 5.93. The number of fused-ring (bicyclic) bond motifs is 1. The van der Waals surface area contributed by atoms with Gasteiger partial charge in [0.05, 0.1) is 36.5 Å². The first-order valence-electron chi connectivity index (χ1n) is 10.7. The van der Waals surface area contributed by atoms with Crippen LogP contribution in [0.2, 0.25) is 0 Å². The summed E-state index contributed by atoms with van der Waals surface area (Å²) in [5.41, 5.74) is 2.10. The Morgan fingerprint density at radius 1 is 0.912 bits per heavy atom. The lowest BCUT2D eigenvalue weighted by atomic mass is 10.1. The molecule has 8 heteroatoms. The Bertz CT molecular complexity index is 1500. The molecule has 34 heavy (non-hydrogen) atoms. The first-order valence-corrected chi connectivity index (χ1v) is 10.7. The van der Waals surface area contributed by atoms with E-state index < -0.39 is 17.2 Å². The van der Waals surface area contributed by atoms with Crippen LogP contribution in [0.3, 0.4) is 0 Å². The lowest BCUT2D eigenvalue weighted by molar-refractivity contribution is -0.116. The van der Waals surface area contributed by atoms with Crippen molar-refractivity contribution >= 4 is 22.5 Å². The van der Waals surface area contributed by atoms with Crippen LogP contribution in [-0.4, -0.2) is 29.3 Å². The Morgan fingerprint density at radius 3 is 2.29 bits per heavy atom. The normalized spacial score (nSPS) is 10.8. The molecule has 0 aliphatic rings. The van der Waals surface area contributed by atoms with E-state index in [0.29, 0.717) is 33.8 Å². The van der Waals surface area contributed by atoms with Gasteiger partial charge in [-0.05, 0) is 61.4 Å². The summed E-state index contributed by atoms with van der Waals surface area (Å²) < 4.78 is 12.9. The maximum Gasteiger partial charge on any atom is 0.336 e. The van der Waals surface area contributed by atoms with E-state index in [1.54, 1.807) is 54.6 Å². The molecule has 1 amide bonds. The van der Waals surface area contributed by atoms with Crippen molar-refractivity contribution in [3.8, 4) is 17.2 Å². The minimum Gasteiger partial charge on any atom is -0.497 e. The fourth-order valence-corrected chi connectivity index (χ4v) is 4.02. The minimum absolute atomic E-state index is 0.292. The summed E-state index contributed by atoms with van der Waals surface area (Å²) in [7, 11) is 3.03. The van der Waals surface area contributed by atoms with Crippen LogP contribution in [0.4, 0.5) is 5.69 Å². The summed E-state index contributed by atoms with van der Waals surface area (Å²) >= 11 is 0. The van der Waals surface area contributed by atoms with Gasteiger partial charge in [-0.25, -0.2) is 9.36 Å². The summed E-state index contributed by atoms with van der Waals surface area (Å²) in [6.45, 7) is 3.51. The summed E-state index contributed by atoms with van der Waals surface area (Å²) in [6, 6.07) is 17.3. The average Bonchev–Trinajstić information content (AvgIpc) is 2.81. The van der Waals surface area contributed by atoms with Crippen LogP contribution >= 0.6 is 0 Å². The van der Waals surface area contributed by atoms with Gasteiger partial charge in [-0.1, -0.05) is 18.2 Å². The van der Waals surface area contributed by atoms with Crippen LogP contribution in [0.15, 0.2) is 70.3 Å². The van der Waals surface area contributed by atoms with E-state index in [0.717, 1.165) is 15.7 Å². The van der Waals surface area contributed by atoms with Crippen LogP contribution in [0.1, 0.15) is 11.1 Å². The number of nitrogens with zero attached hydrogens (tertiary/aromatic N) is 2. The highest BCUT2D eigenvalue weighted by Gasteiger charge is 2.18. The molecule has 3 aromatic carbocycles. The number of methoxy groups -OCH3 is 2. The summed E-state index contributed by atoms with van der Waals surface area (Å²) in [6.07, 6.45) is 0. The third-order valence-corrected chi connectivity index (χ3v) is 5.50. The second-order valence-electron chi connectivity index (χ2n) is 7.99. The Balaban J connectivity index is 1.81. The number of anilines is 1. The molecular weight excluding hydrogens is 434 g/mol. The molecule has 0 unspecified atom stereocenters. The smallest absolute Gasteiger partial charge is 0.336 e. The largest absolute Gasteiger partial charge is 0.497 e. The molecule has 174 valence electrons. The van der Waals surface area contributed by atoms with E-state index >= 15 is 0 Å². The van der Waals surface area contributed by atoms with E-state index in [2.05, 4.69) is 5.32 Å². The molecule has 1 aromatic heterocycles. The second-order valence-corrected chi connectivity index (χ2v) is 7.99. The Labute approximate surface area is 196 Å². The van der Waals surface area contributed by atoms with Gasteiger partial charge in [0, 0.05) is 6.07 Å². The first kappa shape index (κ1) is 22.8. The number of benzene rings is 3. The van der Waals surface area contributed by atoms with Crippen molar-refractivity contribution in [2.75, 3.05) is 19.5 Å². The summed E-state index contributed by atoms with van der Waals surface area (Å²) in [5.74, 6) is 0.559. The molecule has 0 bridgehead atoms. The van der Waals surface area contributed by atoms with E-state index in [-0.39, 0.29) is 6.54 Å². The van der Waals surface area contributed by atoms with Gasteiger partial charge < -0.3 is 14.8 Å². The molecule has 4 aromatic rings. The zero-order valence-electron chi connectivity index (χ0n) is 19.4. The SMILES string of the molecule is COc1ccc(NC(=O)Cn2c(=O)n(-c3cc(C)cc(C)c3)c(=O)c3ccccc32)c(OC)c1. The maximum absolute atomic E-state index is 13.5. The van der Waals surface area contributed by atoms with Crippen molar-refractivity contribution in [2.24, 2.45) is 0 Å². The van der Waals surface area contributed by atoms with Crippen LogP contribution in [0, 0.1) is 13.8 Å². The van der Waals surface area contributed by atoms with E-state index in [9.17, 15) is 14.4 Å². The Hall–Kier alpha value is -4.33. The molecule has 1 N–H and O–H groups in total. The van der Waals surface area contributed by atoms with Gasteiger partial charge >= 0.3 is 5.69 Å². The molecule has 1 heterocycles. The van der Waals surface area contributed by atoms with Crippen molar-refractivity contribution in [3.63, 3.8) is 0 Å². The number of hydrogen-bond donors (Lipinski definition) is 1. The molecule has 0 radical (unpaired) electrons. The molecule has 0 fully saturated rings. The van der Waals surface area contributed by atoms with Crippen LogP contribution in [0.5, 0.6) is 11.5 Å². The standard InChI is InChI=1S/C26H25N3O5/c1-16-11-17(2)13-18(12-16)29-25(31)20-7-5-6-8-22(20)28(26(29)32)15-24(30)27-21-10-9-19(33-3)14-23(21)34-4/h5-14H,15H2,1-4H3,(H,27,30). The van der Waals surface area contributed by atoms with Crippen molar-refractivity contribution in [2.45, 2.75) is 20.4 Å². The minimum atomic E-state index is -0.592. The highest BCUT2D eigenvalue weighted by atomic mass is 16.5. The summed E-state index contributed by atoms with van der Waals surface area (Å²) in [4.78, 5) is 39.8. The van der Waals surface area contributed by atoms with Gasteiger partial charge in [0.2, 0.25) is 5.91 Å². The molecule has 0 aliphatic heterocycles. The quantitative estimate of drug-likeness (QED) is 0.477. The van der Waals surface area contributed by atoms with Crippen molar-refractivity contribution in [3.05, 3.63) is 92.6 Å². The predicted molar refractivity (Wildman–Crippen MR) is 131 cm³/mol. The number of carbonyl (C=O) groups is 1. The number of nitrogens with one attached hydrogen (secondary N) is 1. The van der Waals surface area contributed by atoms with Crippen molar-refractivity contribution in [1.29, 1.82) is 0 Å². The zero-order valence-corrected chi connectivity index (χ0v) is 19.4. The lowest BCUT2D eigenvalue weighted by Crippen LogP contribution is -2.40. The number of aryl methyl sites for hydroxylation is 2. The van der Waals surface area contributed by atoms with E-state index in [1.807, 2.05) is 19.9 Å². The van der Waals surface area contributed by atoms with Gasteiger partial charge in [0.1, 0.15) is 18.0 Å².